The van der Waals surface area contributed by atoms with Crippen LogP contribution in [0.3, 0.4) is 0 Å². The lowest BCUT2D eigenvalue weighted by molar-refractivity contribution is -0.119. The van der Waals surface area contributed by atoms with Crippen LogP contribution in [0.1, 0.15) is 19.4 Å². The number of benzene rings is 1. The van der Waals surface area contributed by atoms with Crippen molar-refractivity contribution < 1.29 is 9.59 Å². The van der Waals surface area contributed by atoms with E-state index in [2.05, 4.69) is 15.8 Å². The van der Waals surface area contributed by atoms with Crippen molar-refractivity contribution in [1.82, 2.24) is 5.43 Å². The zero-order valence-corrected chi connectivity index (χ0v) is 9.15. The normalized spacial score (nSPS) is 10.1. The Labute approximate surface area is 93.5 Å². The second-order valence-corrected chi connectivity index (χ2v) is 3.23. The summed E-state index contributed by atoms with van der Waals surface area (Å²) in [6.07, 6.45) is 1.53. The summed E-state index contributed by atoms with van der Waals surface area (Å²) < 4.78 is 0. The first-order chi connectivity index (χ1) is 7.58. The molecule has 5 nitrogen and oxygen atoms in total. The van der Waals surface area contributed by atoms with Crippen molar-refractivity contribution in [2.24, 2.45) is 5.10 Å². The average Bonchev–Trinajstić information content (AvgIpc) is 2.19. The minimum Gasteiger partial charge on any atom is -0.326 e. The van der Waals surface area contributed by atoms with Gasteiger partial charge in [-0.3, -0.25) is 9.59 Å². The average molecular weight is 219 g/mol. The van der Waals surface area contributed by atoms with Crippen LogP contribution < -0.4 is 10.7 Å². The van der Waals surface area contributed by atoms with Gasteiger partial charge in [0.05, 0.1) is 6.21 Å². The number of nitrogens with one attached hydrogen (secondary N) is 2. The number of hydrazone groups is 1. The van der Waals surface area contributed by atoms with E-state index in [-0.39, 0.29) is 11.8 Å². The van der Waals surface area contributed by atoms with Gasteiger partial charge in [-0.1, -0.05) is 12.1 Å². The van der Waals surface area contributed by atoms with E-state index in [0.29, 0.717) is 0 Å². The minimum absolute atomic E-state index is 0.111. The second kappa shape index (κ2) is 5.65. The summed E-state index contributed by atoms with van der Waals surface area (Å²) in [6.45, 7) is 2.84. The van der Waals surface area contributed by atoms with Gasteiger partial charge in [0, 0.05) is 19.5 Å². The molecule has 0 radical (unpaired) electrons. The molecule has 0 saturated heterocycles. The number of nitrogens with zero attached hydrogens (tertiary/aromatic N) is 1. The van der Waals surface area contributed by atoms with Crippen LogP contribution in [-0.4, -0.2) is 18.0 Å². The molecule has 0 atom stereocenters. The fraction of sp³-hybridized carbons (Fsp3) is 0.182. The van der Waals surface area contributed by atoms with E-state index < -0.39 is 0 Å². The van der Waals surface area contributed by atoms with Crippen molar-refractivity contribution in [3.8, 4) is 0 Å². The first-order valence-corrected chi connectivity index (χ1v) is 4.75. The maximum absolute atomic E-state index is 10.8. The number of rotatable bonds is 3. The van der Waals surface area contributed by atoms with Gasteiger partial charge in [-0.05, 0) is 17.7 Å². The van der Waals surface area contributed by atoms with Gasteiger partial charge in [-0.15, -0.1) is 0 Å². The van der Waals surface area contributed by atoms with E-state index in [1.54, 1.807) is 24.3 Å². The molecule has 0 aliphatic rings. The second-order valence-electron chi connectivity index (χ2n) is 3.23. The molecule has 0 aliphatic heterocycles. The Hall–Kier alpha value is -2.17. The molecule has 2 N–H and O–H groups in total. The molecule has 16 heavy (non-hydrogen) atoms. The minimum atomic E-state index is -0.217. The monoisotopic (exact) mass is 219 g/mol. The molecule has 0 unspecified atom stereocenters. The van der Waals surface area contributed by atoms with E-state index >= 15 is 0 Å². The summed E-state index contributed by atoms with van der Waals surface area (Å²) >= 11 is 0. The van der Waals surface area contributed by atoms with Crippen molar-refractivity contribution in [3.05, 3.63) is 29.8 Å². The molecule has 2 amide bonds. The van der Waals surface area contributed by atoms with Crippen LogP contribution >= 0.6 is 0 Å². The highest BCUT2D eigenvalue weighted by atomic mass is 16.2. The first-order valence-electron chi connectivity index (χ1n) is 4.75. The Morgan fingerprint density at radius 3 is 2.25 bits per heavy atom. The standard InChI is InChI=1S/C11H13N3O2/c1-8(15)13-11-5-3-10(4-6-11)7-12-14-9(2)16/h3-7H,1-2H3,(H,13,15)(H,14,16)/b12-7-. The van der Waals surface area contributed by atoms with Gasteiger partial charge >= 0.3 is 0 Å². The molecule has 0 aromatic heterocycles. The summed E-state index contributed by atoms with van der Waals surface area (Å²) in [5, 5.41) is 6.37. The largest absolute Gasteiger partial charge is 0.326 e. The van der Waals surface area contributed by atoms with Crippen LogP contribution in [0.4, 0.5) is 5.69 Å². The van der Waals surface area contributed by atoms with E-state index in [0.717, 1.165) is 11.3 Å². The van der Waals surface area contributed by atoms with Crippen LogP contribution in [-0.2, 0) is 9.59 Å². The molecule has 0 saturated carbocycles. The molecule has 0 fully saturated rings. The Kier molecular flexibility index (Phi) is 4.20. The van der Waals surface area contributed by atoms with Crippen molar-refractivity contribution in [3.63, 3.8) is 0 Å². The lowest BCUT2D eigenvalue weighted by atomic mass is 10.2. The topological polar surface area (TPSA) is 70.6 Å². The number of hydrogen-bond acceptors (Lipinski definition) is 3. The van der Waals surface area contributed by atoms with E-state index in [1.165, 1.54) is 20.1 Å². The van der Waals surface area contributed by atoms with Crippen LogP contribution in [0, 0.1) is 0 Å². The van der Waals surface area contributed by atoms with Crippen molar-refractivity contribution in [2.45, 2.75) is 13.8 Å². The Balaban J connectivity index is 2.60. The third-order valence-electron chi connectivity index (χ3n) is 1.67. The molecule has 1 rings (SSSR count). The quantitative estimate of drug-likeness (QED) is 0.590. The van der Waals surface area contributed by atoms with Crippen LogP contribution in [0.5, 0.6) is 0 Å². The van der Waals surface area contributed by atoms with Gasteiger partial charge in [0.2, 0.25) is 11.8 Å². The number of carbonyl (C=O) groups is 2. The molecule has 0 spiro atoms. The van der Waals surface area contributed by atoms with Gasteiger partial charge < -0.3 is 5.32 Å². The Morgan fingerprint density at radius 1 is 1.12 bits per heavy atom. The molecule has 0 heterocycles. The molecule has 0 bridgehead atoms. The number of amides is 2. The SMILES string of the molecule is CC(=O)N/N=C\c1ccc(NC(C)=O)cc1. The lowest BCUT2D eigenvalue weighted by Gasteiger charge is -2.01. The van der Waals surface area contributed by atoms with Gasteiger partial charge in [0.15, 0.2) is 0 Å². The lowest BCUT2D eigenvalue weighted by Crippen LogP contribution is -2.12. The van der Waals surface area contributed by atoms with Crippen molar-refractivity contribution >= 4 is 23.7 Å². The molecule has 5 heteroatoms. The summed E-state index contributed by atoms with van der Waals surface area (Å²) in [7, 11) is 0. The fourth-order valence-electron chi connectivity index (χ4n) is 1.05. The molecule has 1 aromatic carbocycles. The molecule has 0 aliphatic carbocycles. The number of anilines is 1. The van der Waals surface area contributed by atoms with Gasteiger partial charge in [0.25, 0.3) is 0 Å². The summed E-state index contributed by atoms with van der Waals surface area (Å²) in [6, 6.07) is 7.10. The van der Waals surface area contributed by atoms with E-state index in [1.807, 2.05) is 0 Å². The molecule has 1 aromatic rings. The summed E-state index contributed by atoms with van der Waals surface area (Å²) in [4.78, 5) is 21.3. The highest BCUT2D eigenvalue weighted by Gasteiger charge is 1.94. The molecular weight excluding hydrogens is 206 g/mol. The van der Waals surface area contributed by atoms with Gasteiger partial charge in [-0.2, -0.15) is 5.10 Å². The Morgan fingerprint density at radius 2 is 1.75 bits per heavy atom. The van der Waals surface area contributed by atoms with Crippen molar-refractivity contribution in [1.29, 1.82) is 0 Å². The third-order valence-corrected chi connectivity index (χ3v) is 1.67. The number of hydrogen-bond donors (Lipinski definition) is 2. The molecular formula is C11H13N3O2. The van der Waals surface area contributed by atoms with E-state index in [4.69, 9.17) is 0 Å². The van der Waals surface area contributed by atoms with Gasteiger partial charge in [-0.25, -0.2) is 5.43 Å². The third kappa shape index (κ3) is 4.36. The van der Waals surface area contributed by atoms with Crippen LogP contribution in [0.15, 0.2) is 29.4 Å². The fourth-order valence-corrected chi connectivity index (χ4v) is 1.05. The summed E-state index contributed by atoms with van der Waals surface area (Å²) in [5.74, 6) is -0.328. The van der Waals surface area contributed by atoms with Gasteiger partial charge in [0.1, 0.15) is 0 Å². The predicted octanol–water partition coefficient (Wildman–Crippen LogP) is 1.12. The Bertz CT molecular complexity index is 410. The van der Waals surface area contributed by atoms with Crippen LogP contribution in [0.2, 0.25) is 0 Å². The maximum atomic E-state index is 10.8. The maximum Gasteiger partial charge on any atom is 0.236 e. The zero-order chi connectivity index (χ0) is 12.0. The first kappa shape index (κ1) is 11.9. The summed E-state index contributed by atoms with van der Waals surface area (Å²) in [5.41, 5.74) is 3.86. The van der Waals surface area contributed by atoms with Crippen LogP contribution in [0.25, 0.3) is 0 Å². The molecule has 84 valence electrons. The van der Waals surface area contributed by atoms with E-state index in [9.17, 15) is 9.59 Å². The number of carbonyl (C=O) groups excluding carboxylic acids is 2. The zero-order valence-electron chi connectivity index (χ0n) is 9.15. The predicted molar refractivity (Wildman–Crippen MR) is 62.2 cm³/mol. The smallest absolute Gasteiger partial charge is 0.236 e. The highest BCUT2D eigenvalue weighted by Crippen LogP contribution is 2.07. The van der Waals surface area contributed by atoms with Crippen molar-refractivity contribution in [2.75, 3.05) is 5.32 Å². The highest BCUT2D eigenvalue weighted by molar-refractivity contribution is 5.89.